The Morgan fingerprint density at radius 2 is 1.94 bits per heavy atom. The molecule has 1 aliphatic rings. The molecule has 0 saturated carbocycles. The highest BCUT2D eigenvalue weighted by molar-refractivity contribution is 4.83. The third-order valence-electron chi connectivity index (χ3n) is 3.72. The third kappa shape index (κ3) is 3.72. The molecule has 1 rings (SSSR count). The largest absolute Gasteiger partial charge is 0.396 e. The molecule has 1 atom stereocenters. The van der Waals surface area contributed by atoms with Crippen molar-refractivity contribution in [3.8, 4) is 0 Å². The second-order valence-corrected chi connectivity index (χ2v) is 5.54. The summed E-state index contributed by atoms with van der Waals surface area (Å²) < 4.78 is 0. The van der Waals surface area contributed by atoms with E-state index in [0.29, 0.717) is 6.04 Å². The predicted molar refractivity (Wildman–Crippen MR) is 66.4 cm³/mol. The first-order valence-corrected chi connectivity index (χ1v) is 6.61. The SMILES string of the molecule is CCCC1CCCCN1CC(C)(CO)CO. The van der Waals surface area contributed by atoms with E-state index in [1.807, 2.05) is 6.92 Å². The maximum Gasteiger partial charge on any atom is 0.0519 e. The van der Waals surface area contributed by atoms with Crippen molar-refractivity contribution in [1.82, 2.24) is 4.90 Å². The van der Waals surface area contributed by atoms with Gasteiger partial charge in [0.15, 0.2) is 0 Å². The summed E-state index contributed by atoms with van der Waals surface area (Å²) in [6.45, 7) is 6.28. The standard InChI is InChI=1S/C13H27NO2/c1-3-6-12-7-4-5-8-14(12)9-13(2,10-15)11-16/h12,15-16H,3-11H2,1-2H3. The average molecular weight is 229 g/mol. The number of aliphatic hydroxyl groups is 2. The minimum atomic E-state index is -0.344. The van der Waals surface area contributed by atoms with E-state index in [2.05, 4.69) is 11.8 Å². The fourth-order valence-corrected chi connectivity index (χ4v) is 2.57. The second kappa shape index (κ2) is 6.58. The van der Waals surface area contributed by atoms with Crippen LogP contribution in [0.25, 0.3) is 0 Å². The molecule has 1 saturated heterocycles. The van der Waals surface area contributed by atoms with E-state index >= 15 is 0 Å². The highest BCUT2D eigenvalue weighted by atomic mass is 16.3. The van der Waals surface area contributed by atoms with E-state index in [0.717, 1.165) is 13.1 Å². The summed E-state index contributed by atoms with van der Waals surface area (Å²) in [5, 5.41) is 18.7. The number of hydrogen-bond donors (Lipinski definition) is 2. The molecule has 0 aromatic heterocycles. The van der Waals surface area contributed by atoms with Crippen molar-refractivity contribution in [3.63, 3.8) is 0 Å². The van der Waals surface area contributed by atoms with E-state index in [9.17, 15) is 10.2 Å². The molecule has 1 aliphatic heterocycles. The van der Waals surface area contributed by atoms with Crippen molar-refractivity contribution in [2.75, 3.05) is 26.3 Å². The number of hydrogen-bond acceptors (Lipinski definition) is 3. The van der Waals surface area contributed by atoms with Crippen molar-refractivity contribution in [3.05, 3.63) is 0 Å². The number of rotatable bonds is 6. The molecule has 96 valence electrons. The summed E-state index contributed by atoms with van der Waals surface area (Å²) in [6, 6.07) is 0.663. The molecule has 1 heterocycles. The summed E-state index contributed by atoms with van der Waals surface area (Å²) in [5.41, 5.74) is -0.344. The van der Waals surface area contributed by atoms with Gasteiger partial charge >= 0.3 is 0 Å². The van der Waals surface area contributed by atoms with Crippen LogP contribution in [-0.4, -0.2) is 47.5 Å². The van der Waals surface area contributed by atoms with Gasteiger partial charge in [0.05, 0.1) is 13.2 Å². The van der Waals surface area contributed by atoms with Crippen LogP contribution >= 0.6 is 0 Å². The molecular formula is C13H27NO2. The van der Waals surface area contributed by atoms with Crippen LogP contribution in [0, 0.1) is 5.41 Å². The van der Waals surface area contributed by atoms with Gasteiger partial charge in [0.2, 0.25) is 0 Å². The van der Waals surface area contributed by atoms with E-state index in [-0.39, 0.29) is 18.6 Å². The zero-order valence-corrected chi connectivity index (χ0v) is 10.8. The van der Waals surface area contributed by atoms with Gasteiger partial charge in [0.25, 0.3) is 0 Å². The Hall–Kier alpha value is -0.120. The number of piperidine rings is 1. The van der Waals surface area contributed by atoms with Gasteiger partial charge in [0, 0.05) is 18.0 Å². The van der Waals surface area contributed by atoms with Gasteiger partial charge in [-0.3, -0.25) is 4.90 Å². The van der Waals surface area contributed by atoms with Crippen molar-refractivity contribution < 1.29 is 10.2 Å². The Labute approximate surface area is 99.5 Å². The molecule has 1 unspecified atom stereocenters. The number of likely N-dealkylation sites (tertiary alicyclic amines) is 1. The first kappa shape index (κ1) is 13.9. The lowest BCUT2D eigenvalue weighted by molar-refractivity contribution is 0.0103. The van der Waals surface area contributed by atoms with E-state index in [4.69, 9.17) is 0 Å². The van der Waals surface area contributed by atoms with Crippen molar-refractivity contribution in [2.24, 2.45) is 5.41 Å². The first-order valence-electron chi connectivity index (χ1n) is 6.61. The lowest BCUT2D eigenvalue weighted by Crippen LogP contribution is -2.47. The molecule has 0 aromatic rings. The van der Waals surface area contributed by atoms with Crippen molar-refractivity contribution in [2.45, 2.75) is 52.0 Å². The maximum atomic E-state index is 9.35. The summed E-state index contributed by atoms with van der Waals surface area (Å²) in [6.07, 6.45) is 6.33. The number of nitrogens with zero attached hydrogens (tertiary/aromatic N) is 1. The third-order valence-corrected chi connectivity index (χ3v) is 3.72. The Balaban J connectivity index is 2.54. The molecule has 0 spiro atoms. The monoisotopic (exact) mass is 229 g/mol. The molecule has 16 heavy (non-hydrogen) atoms. The molecule has 2 N–H and O–H groups in total. The first-order chi connectivity index (χ1) is 7.65. The molecule has 3 nitrogen and oxygen atoms in total. The van der Waals surface area contributed by atoms with Gasteiger partial charge in [0.1, 0.15) is 0 Å². The topological polar surface area (TPSA) is 43.7 Å². The minimum Gasteiger partial charge on any atom is -0.396 e. The maximum absolute atomic E-state index is 9.35. The summed E-state index contributed by atoms with van der Waals surface area (Å²) in [5.74, 6) is 0. The van der Waals surface area contributed by atoms with E-state index in [1.54, 1.807) is 0 Å². The van der Waals surface area contributed by atoms with Gasteiger partial charge in [-0.25, -0.2) is 0 Å². The Morgan fingerprint density at radius 3 is 2.50 bits per heavy atom. The van der Waals surface area contributed by atoms with Crippen LogP contribution in [0.4, 0.5) is 0 Å². The highest BCUT2D eigenvalue weighted by Crippen LogP contribution is 2.25. The molecule has 3 heteroatoms. The normalized spacial score (nSPS) is 23.6. The molecule has 0 bridgehead atoms. The summed E-state index contributed by atoms with van der Waals surface area (Å²) >= 11 is 0. The van der Waals surface area contributed by atoms with Crippen LogP contribution in [0.1, 0.15) is 46.0 Å². The lowest BCUT2D eigenvalue weighted by atomic mass is 9.89. The number of aliphatic hydroxyl groups excluding tert-OH is 2. The molecular weight excluding hydrogens is 202 g/mol. The van der Waals surface area contributed by atoms with Gasteiger partial charge in [-0.1, -0.05) is 26.7 Å². The van der Waals surface area contributed by atoms with Crippen LogP contribution in [-0.2, 0) is 0 Å². The second-order valence-electron chi connectivity index (χ2n) is 5.54. The van der Waals surface area contributed by atoms with Crippen LogP contribution in [0.3, 0.4) is 0 Å². The van der Waals surface area contributed by atoms with Crippen molar-refractivity contribution in [1.29, 1.82) is 0 Å². The molecule has 1 fully saturated rings. The Kier molecular flexibility index (Phi) is 5.73. The van der Waals surface area contributed by atoms with Crippen molar-refractivity contribution >= 4 is 0 Å². The van der Waals surface area contributed by atoms with Gasteiger partial charge in [-0.15, -0.1) is 0 Å². The summed E-state index contributed by atoms with van der Waals surface area (Å²) in [7, 11) is 0. The van der Waals surface area contributed by atoms with Crippen LogP contribution in [0.5, 0.6) is 0 Å². The lowest BCUT2D eigenvalue weighted by Gasteiger charge is -2.40. The van der Waals surface area contributed by atoms with Crippen LogP contribution < -0.4 is 0 Å². The fraction of sp³-hybridized carbons (Fsp3) is 1.00. The Bertz CT molecular complexity index is 190. The average Bonchev–Trinajstić information content (AvgIpc) is 2.32. The highest BCUT2D eigenvalue weighted by Gasteiger charge is 2.30. The van der Waals surface area contributed by atoms with Gasteiger partial charge in [-0.05, 0) is 25.8 Å². The molecule has 0 amide bonds. The van der Waals surface area contributed by atoms with Gasteiger partial charge < -0.3 is 10.2 Å². The summed E-state index contributed by atoms with van der Waals surface area (Å²) in [4.78, 5) is 2.47. The zero-order chi connectivity index (χ0) is 12.0. The Morgan fingerprint density at radius 1 is 1.25 bits per heavy atom. The van der Waals surface area contributed by atoms with Crippen LogP contribution in [0.2, 0.25) is 0 Å². The van der Waals surface area contributed by atoms with E-state index < -0.39 is 0 Å². The molecule has 0 aliphatic carbocycles. The predicted octanol–water partition coefficient (Wildman–Crippen LogP) is 1.63. The van der Waals surface area contributed by atoms with Crippen LogP contribution in [0.15, 0.2) is 0 Å². The smallest absolute Gasteiger partial charge is 0.0519 e. The zero-order valence-electron chi connectivity index (χ0n) is 10.8. The quantitative estimate of drug-likeness (QED) is 0.727. The molecule has 0 aromatic carbocycles. The fourth-order valence-electron chi connectivity index (χ4n) is 2.57. The van der Waals surface area contributed by atoms with Gasteiger partial charge in [-0.2, -0.15) is 0 Å². The minimum absolute atomic E-state index is 0.0683. The van der Waals surface area contributed by atoms with E-state index in [1.165, 1.54) is 32.1 Å². The molecule has 0 radical (unpaired) electrons.